The number of amides is 1. The largest absolute Gasteiger partial charge is 0.355 e. The molecule has 5 heteroatoms. The number of carbonyl (C=O) groups is 2. The van der Waals surface area contributed by atoms with E-state index in [1.165, 1.54) is 0 Å². The number of rotatable bonds is 3. The maximum atomic E-state index is 12.9. The molecule has 0 unspecified atom stereocenters. The molecule has 0 bridgehead atoms. The quantitative estimate of drug-likeness (QED) is 0.589. The average Bonchev–Trinajstić information content (AvgIpc) is 3.36. The van der Waals surface area contributed by atoms with Crippen molar-refractivity contribution in [1.29, 1.82) is 0 Å². The summed E-state index contributed by atoms with van der Waals surface area (Å²) < 4.78 is 0. The van der Waals surface area contributed by atoms with Gasteiger partial charge in [0.1, 0.15) is 0 Å². The van der Waals surface area contributed by atoms with Gasteiger partial charge in [0.05, 0.1) is 5.69 Å². The van der Waals surface area contributed by atoms with E-state index < -0.39 is 0 Å². The number of aromatic nitrogens is 1. The first-order valence-electron chi connectivity index (χ1n) is 9.52. The molecule has 2 aromatic carbocycles. The Balaban J connectivity index is 1.45. The number of hydrogen-bond donors (Lipinski definition) is 1. The van der Waals surface area contributed by atoms with Crippen molar-refractivity contribution in [3.63, 3.8) is 0 Å². The van der Waals surface area contributed by atoms with Crippen molar-refractivity contribution in [3.05, 3.63) is 77.5 Å². The highest BCUT2D eigenvalue weighted by Crippen LogP contribution is 2.37. The van der Waals surface area contributed by atoms with Gasteiger partial charge in [-0.2, -0.15) is 0 Å². The molecule has 5 nitrogen and oxygen atoms in total. The van der Waals surface area contributed by atoms with E-state index in [0.717, 1.165) is 42.9 Å². The van der Waals surface area contributed by atoms with Gasteiger partial charge in [0.25, 0.3) is 5.91 Å². The first-order chi connectivity index (χ1) is 13.7. The van der Waals surface area contributed by atoms with Crippen LogP contribution in [0.15, 0.2) is 60.8 Å². The molecular weight excluding hydrogens is 350 g/mol. The van der Waals surface area contributed by atoms with Gasteiger partial charge < -0.3 is 10.2 Å². The highest BCUT2D eigenvalue weighted by atomic mass is 16.1. The Labute approximate surface area is 163 Å². The number of hydrogen-bond acceptors (Lipinski definition) is 4. The summed E-state index contributed by atoms with van der Waals surface area (Å²) in [7, 11) is 0. The summed E-state index contributed by atoms with van der Waals surface area (Å²) in [6.45, 7) is 1.90. The second-order valence-electron chi connectivity index (χ2n) is 7.16. The van der Waals surface area contributed by atoms with E-state index in [2.05, 4.69) is 15.2 Å². The van der Waals surface area contributed by atoms with Crippen molar-refractivity contribution >= 4 is 23.2 Å². The topological polar surface area (TPSA) is 62.3 Å². The van der Waals surface area contributed by atoms with E-state index in [1.807, 2.05) is 42.5 Å². The molecule has 1 N–H and O–H groups in total. The molecule has 3 aromatic rings. The van der Waals surface area contributed by atoms with Crippen LogP contribution in [0.1, 0.15) is 39.1 Å². The van der Waals surface area contributed by atoms with Gasteiger partial charge in [-0.3, -0.25) is 9.59 Å². The van der Waals surface area contributed by atoms with Crippen LogP contribution in [0.5, 0.6) is 0 Å². The summed E-state index contributed by atoms with van der Waals surface area (Å²) in [5.41, 5.74) is 4.26. The number of pyridine rings is 1. The van der Waals surface area contributed by atoms with Gasteiger partial charge in [0.15, 0.2) is 11.6 Å². The van der Waals surface area contributed by atoms with Gasteiger partial charge >= 0.3 is 0 Å². The van der Waals surface area contributed by atoms with Gasteiger partial charge in [-0.25, -0.2) is 4.98 Å². The normalized spacial score (nSPS) is 14.7. The average molecular weight is 369 g/mol. The van der Waals surface area contributed by atoms with E-state index in [1.54, 1.807) is 18.3 Å². The van der Waals surface area contributed by atoms with E-state index in [-0.39, 0.29) is 11.7 Å². The Kier molecular flexibility index (Phi) is 3.93. The maximum absolute atomic E-state index is 12.9. The molecule has 1 aliphatic heterocycles. The first kappa shape index (κ1) is 16.7. The predicted octanol–water partition coefficient (Wildman–Crippen LogP) is 4.15. The Morgan fingerprint density at radius 3 is 2.46 bits per heavy atom. The fraction of sp³-hybridized carbons (Fsp3) is 0.174. The van der Waals surface area contributed by atoms with Gasteiger partial charge in [0.2, 0.25) is 0 Å². The number of benzene rings is 2. The number of ketones is 1. The zero-order chi connectivity index (χ0) is 19.1. The zero-order valence-electron chi connectivity index (χ0n) is 15.3. The van der Waals surface area contributed by atoms with Gasteiger partial charge in [-0.1, -0.05) is 30.3 Å². The third kappa shape index (κ3) is 2.67. The number of fused-ring (bicyclic) bond motifs is 3. The molecule has 2 heterocycles. The standard InChI is InChI=1S/C23H19N3O2/c27-21-18-7-2-1-6-16(18)17-10-9-15(14-19(17)21)23(28)25-20-8-5-11-24-22(20)26-12-3-4-13-26/h1-2,5-11,14H,3-4,12-13H2,(H,25,28). The Bertz CT molecular complexity index is 1100. The van der Waals surface area contributed by atoms with Crippen molar-refractivity contribution in [2.24, 2.45) is 0 Å². The molecule has 0 spiro atoms. The van der Waals surface area contributed by atoms with Crippen LogP contribution in [-0.2, 0) is 0 Å². The summed E-state index contributed by atoms with van der Waals surface area (Å²) in [5.74, 6) is 0.539. The summed E-state index contributed by atoms with van der Waals surface area (Å²) >= 11 is 0. The molecule has 0 atom stereocenters. The number of anilines is 2. The van der Waals surface area contributed by atoms with Crippen LogP contribution in [0.2, 0.25) is 0 Å². The molecule has 1 aromatic heterocycles. The van der Waals surface area contributed by atoms with E-state index in [0.29, 0.717) is 22.4 Å². The van der Waals surface area contributed by atoms with Crippen LogP contribution in [0.4, 0.5) is 11.5 Å². The van der Waals surface area contributed by atoms with Crippen molar-refractivity contribution in [3.8, 4) is 11.1 Å². The third-order valence-corrected chi connectivity index (χ3v) is 5.43. The van der Waals surface area contributed by atoms with Crippen molar-refractivity contribution in [1.82, 2.24) is 4.98 Å². The Morgan fingerprint density at radius 2 is 1.64 bits per heavy atom. The fourth-order valence-corrected chi connectivity index (χ4v) is 4.04. The molecule has 1 aliphatic carbocycles. The van der Waals surface area contributed by atoms with Crippen LogP contribution in [0.25, 0.3) is 11.1 Å². The zero-order valence-corrected chi connectivity index (χ0v) is 15.3. The molecule has 2 aliphatic rings. The minimum Gasteiger partial charge on any atom is -0.355 e. The number of nitrogens with zero attached hydrogens (tertiary/aromatic N) is 2. The molecule has 138 valence electrons. The third-order valence-electron chi connectivity index (χ3n) is 5.43. The van der Waals surface area contributed by atoms with Crippen molar-refractivity contribution < 1.29 is 9.59 Å². The number of nitrogens with one attached hydrogen (secondary N) is 1. The monoisotopic (exact) mass is 369 g/mol. The first-order valence-corrected chi connectivity index (χ1v) is 9.52. The fourth-order valence-electron chi connectivity index (χ4n) is 4.04. The summed E-state index contributed by atoms with van der Waals surface area (Å²) in [6, 6.07) is 16.6. The smallest absolute Gasteiger partial charge is 0.255 e. The van der Waals surface area contributed by atoms with Crippen molar-refractivity contribution in [2.45, 2.75) is 12.8 Å². The van der Waals surface area contributed by atoms with Crippen LogP contribution < -0.4 is 10.2 Å². The molecule has 1 saturated heterocycles. The predicted molar refractivity (Wildman–Crippen MR) is 109 cm³/mol. The lowest BCUT2D eigenvalue weighted by atomic mass is 10.0. The summed E-state index contributed by atoms with van der Waals surface area (Å²) in [6.07, 6.45) is 4.02. The minimum absolute atomic E-state index is 0.0283. The van der Waals surface area contributed by atoms with Gasteiger partial charge in [-0.15, -0.1) is 0 Å². The molecule has 1 fully saturated rings. The van der Waals surface area contributed by atoms with E-state index in [4.69, 9.17) is 0 Å². The lowest BCUT2D eigenvalue weighted by molar-refractivity contribution is 0.102. The van der Waals surface area contributed by atoms with Gasteiger partial charge in [0, 0.05) is 36.0 Å². The Hall–Kier alpha value is -3.47. The second kappa shape index (κ2) is 6.60. The van der Waals surface area contributed by atoms with E-state index in [9.17, 15) is 9.59 Å². The summed E-state index contributed by atoms with van der Waals surface area (Å²) in [5, 5.41) is 2.98. The lowest BCUT2D eigenvalue weighted by Gasteiger charge is -2.20. The van der Waals surface area contributed by atoms with Gasteiger partial charge in [-0.05, 0) is 48.2 Å². The van der Waals surface area contributed by atoms with Crippen molar-refractivity contribution in [2.75, 3.05) is 23.3 Å². The second-order valence-corrected chi connectivity index (χ2v) is 7.16. The molecule has 1 amide bonds. The lowest BCUT2D eigenvalue weighted by Crippen LogP contribution is -2.22. The maximum Gasteiger partial charge on any atom is 0.255 e. The highest BCUT2D eigenvalue weighted by Gasteiger charge is 2.27. The molecule has 0 saturated carbocycles. The van der Waals surface area contributed by atoms with Crippen LogP contribution in [-0.4, -0.2) is 29.8 Å². The van der Waals surface area contributed by atoms with Crippen LogP contribution >= 0.6 is 0 Å². The molecule has 28 heavy (non-hydrogen) atoms. The SMILES string of the molecule is O=C(Nc1cccnc1N1CCCC1)c1ccc2c(c1)C(=O)c1ccccc1-2. The van der Waals surface area contributed by atoms with Crippen LogP contribution in [0, 0.1) is 0 Å². The molecule has 0 radical (unpaired) electrons. The van der Waals surface area contributed by atoms with E-state index >= 15 is 0 Å². The molecular formula is C23H19N3O2. The summed E-state index contributed by atoms with van der Waals surface area (Å²) in [4.78, 5) is 32.2. The minimum atomic E-state index is -0.236. The molecule has 5 rings (SSSR count). The Morgan fingerprint density at radius 1 is 0.893 bits per heavy atom. The number of carbonyl (C=O) groups excluding carboxylic acids is 2. The highest BCUT2D eigenvalue weighted by molar-refractivity contribution is 6.22. The van der Waals surface area contributed by atoms with Crippen LogP contribution in [0.3, 0.4) is 0 Å².